The van der Waals surface area contributed by atoms with Crippen LogP contribution in [0.4, 0.5) is 0 Å². The highest BCUT2D eigenvalue weighted by molar-refractivity contribution is 5.85. The summed E-state index contributed by atoms with van der Waals surface area (Å²) in [6, 6.07) is 9.22. The highest BCUT2D eigenvalue weighted by Gasteiger charge is 2.22. The van der Waals surface area contributed by atoms with E-state index in [-0.39, 0.29) is 24.8 Å². The van der Waals surface area contributed by atoms with E-state index >= 15 is 0 Å². The molecule has 0 saturated carbocycles. The molecular weight excluding hydrogens is 319 g/mol. The zero-order valence-corrected chi connectivity index (χ0v) is 15.5. The number of ether oxygens (including phenoxy) is 1. The number of hydrogen-bond acceptors (Lipinski definition) is 3. The predicted octanol–water partition coefficient (Wildman–Crippen LogP) is 3.92. The van der Waals surface area contributed by atoms with Crippen LogP contribution in [0.3, 0.4) is 0 Å². The lowest BCUT2D eigenvalue weighted by atomic mass is 9.95. The van der Waals surface area contributed by atoms with E-state index in [1.165, 1.54) is 12.0 Å². The number of nitrogens with zero attached hydrogens (tertiary/aromatic N) is 1. The minimum atomic E-state index is 0. The molecule has 1 saturated heterocycles. The van der Waals surface area contributed by atoms with E-state index in [9.17, 15) is 0 Å². The average molecular weight is 349 g/mol. The fourth-order valence-corrected chi connectivity index (χ4v) is 2.89. The highest BCUT2D eigenvalue weighted by Crippen LogP contribution is 2.29. The Hall–Kier alpha value is -0.480. The van der Waals surface area contributed by atoms with Crippen molar-refractivity contribution in [2.75, 3.05) is 32.8 Å². The lowest BCUT2D eigenvalue weighted by Crippen LogP contribution is -2.45. The van der Waals surface area contributed by atoms with Crippen LogP contribution in [0, 0.1) is 5.92 Å². The Balaban J connectivity index is 0.00000220. The molecule has 3 nitrogen and oxygen atoms in total. The highest BCUT2D eigenvalue weighted by atomic mass is 35.5. The number of nitrogens with one attached hydrogen (secondary N) is 1. The van der Waals surface area contributed by atoms with Gasteiger partial charge in [0, 0.05) is 32.2 Å². The molecule has 1 aromatic rings. The first-order valence-electron chi connectivity index (χ1n) is 7.88. The summed E-state index contributed by atoms with van der Waals surface area (Å²) in [5, 5.41) is 3.44. The van der Waals surface area contributed by atoms with Crippen LogP contribution < -0.4 is 10.1 Å². The maximum Gasteiger partial charge on any atom is 0.119 e. The number of rotatable bonds is 6. The summed E-state index contributed by atoms with van der Waals surface area (Å²) in [5.74, 6) is 1.68. The molecule has 2 rings (SSSR count). The number of piperazine rings is 1. The Morgan fingerprint density at radius 3 is 2.18 bits per heavy atom. The zero-order chi connectivity index (χ0) is 14.4. The van der Waals surface area contributed by atoms with Crippen molar-refractivity contribution in [3.8, 4) is 5.75 Å². The van der Waals surface area contributed by atoms with E-state index in [1.807, 2.05) is 6.92 Å². The number of hydrogen-bond donors (Lipinski definition) is 1. The van der Waals surface area contributed by atoms with Crippen LogP contribution in [0.2, 0.25) is 0 Å². The van der Waals surface area contributed by atoms with Gasteiger partial charge in [0.1, 0.15) is 5.75 Å². The van der Waals surface area contributed by atoms with Gasteiger partial charge in [0.2, 0.25) is 0 Å². The molecule has 1 heterocycles. The topological polar surface area (TPSA) is 24.5 Å². The summed E-state index contributed by atoms with van der Waals surface area (Å²) in [7, 11) is 0. The minimum absolute atomic E-state index is 0. The third-order valence-corrected chi connectivity index (χ3v) is 3.86. The Morgan fingerprint density at radius 2 is 1.68 bits per heavy atom. The molecule has 0 unspecified atom stereocenters. The minimum Gasteiger partial charge on any atom is -0.494 e. The first-order valence-corrected chi connectivity index (χ1v) is 7.88. The fraction of sp³-hybridized carbons (Fsp3) is 0.647. The SMILES string of the molecule is CCOc1ccc([C@@H](CC(C)C)N2CCNCC2)cc1.Cl.Cl. The predicted molar refractivity (Wildman–Crippen MR) is 98.7 cm³/mol. The van der Waals surface area contributed by atoms with Crippen molar-refractivity contribution >= 4 is 24.8 Å². The monoisotopic (exact) mass is 348 g/mol. The largest absolute Gasteiger partial charge is 0.494 e. The molecule has 128 valence electrons. The van der Waals surface area contributed by atoms with Gasteiger partial charge in [-0.25, -0.2) is 0 Å². The third kappa shape index (κ3) is 6.33. The molecule has 1 N–H and O–H groups in total. The summed E-state index contributed by atoms with van der Waals surface area (Å²) < 4.78 is 5.54. The van der Waals surface area contributed by atoms with Crippen LogP contribution in [0.15, 0.2) is 24.3 Å². The van der Waals surface area contributed by atoms with Crippen LogP contribution in [0.1, 0.15) is 38.8 Å². The standard InChI is InChI=1S/C17H28N2O.2ClH/c1-4-20-16-7-5-15(6-8-16)17(13-14(2)3)19-11-9-18-10-12-19;;/h5-8,14,17-18H,4,9-13H2,1-3H3;2*1H/t17-;;/m1../s1. The van der Waals surface area contributed by atoms with Gasteiger partial charge >= 0.3 is 0 Å². The van der Waals surface area contributed by atoms with Crippen LogP contribution in [0.25, 0.3) is 0 Å². The molecule has 1 aliphatic rings. The zero-order valence-electron chi connectivity index (χ0n) is 13.9. The summed E-state index contributed by atoms with van der Waals surface area (Å²) in [6.45, 7) is 11.9. The lowest BCUT2D eigenvalue weighted by Gasteiger charge is -2.36. The second kappa shape index (κ2) is 11.1. The van der Waals surface area contributed by atoms with E-state index in [4.69, 9.17) is 4.74 Å². The molecule has 0 amide bonds. The van der Waals surface area contributed by atoms with Crippen molar-refractivity contribution in [3.63, 3.8) is 0 Å². The molecule has 0 aromatic heterocycles. The Labute approximate surface area is 147 Å². The van der Waals surface area contributed by atoms with Gasteiger partial charge in [0.25, 0.3) is 0 Å². The van der Waals surface area contributed by atoms with Crippen LogP contribution >= 0.6 is 24.8 Å². The van der Waals surface area contributed by atoms with Crippen molar-refractivity contribution < 1.29 is 4.74 Å². The van der Waals surface area contributed by atoms with E-state index in [0.29, 0.717) is 12.0 Å². The normalized spacial score (nSPS) is 16.5. The molecular formula is C17H30Cl2N2O. The summed E-state index contributed by atoms with van der Waals surface area (Å²) in [5.41, 5.74) is 1.42. The molecule has 5 heteroatoms. The van der Waals surface area contributed by atoms with Gasteiger partial charge in [0.15, 0.2) is 0 Å². The molecule has 0 aliphatic carbocycles. The van der Waals surface area contributed by atoms with Crippen molar-refractivity contribution in [1.29, 1.82) is 0 Å². The summed E-state index contributed by atoms with van der Waals surface area (Å²) >= 11 is 0. The van der Waals surface area contributed by atoms with E-state index < -0.39 is 0 Å². The van der Waals surface area contributed by atoms with Crippen molar-refractivity contribution in [2.24, 2.45) is 5.92 Å². The number of benzene rings is 1. The maximum atomic E-state index is 5.54. The van der Waals surface area contributed by atoms with Crippen LogP contribution in [0.5, 0.6) is 5.75 Å². The Kier molecular flexibility index (Phi) is 10.9. The molecule has 1 fully saturated rings. The first-order chi connectivity index (χ1) is 9.70. The van der Waals surface area contributed by atoms with Gasteiger partial charge in [-0.1, -0.05) is 26.0 Å². The second-order valence-electron chi connectivity index (χ2n) is 5.93. The summed E-state index contributed by atoms with van der Waals surface area (Å²) in [4.78, 5) is 2.62. The smallest absolute Gasteiger partial charge is 0.119 e. The van der Waals surface area contributed by atoms with Gasteiger partial charge < -0.3 is 10.1 Å². The molecule has 22 heavy (non-hydrogen) atoms. The van der Waals surface area contributed by atoms with Gasteiger partial charge in [-0.2, -0.15) is 0 Å². The van der Waals surface area contributed by atoms with E-state index in [1.54, 1.807) is 0 Å². The van der Waals surface area contributed by atoms with E-state index in [0.717, 1.165) is 38.5 Å². The average Bonchev–Trinajstić information content (AvgIpc) is 2.47. The van der Waals surface area contributed by atoms with E-state index in [2.05, 4.69) is 48.3 Å². The lowest BCUT2D eigenvalue weighted by molar-refractivity contribution is 0.154. The van der Waals surface area contributed by atoms with Crippen LogP contribution in [-0.2, 0) is 0 Å². The van der Waals surface area contributed by atoms with Crippen LogP contribution in [-0.4, -0.2) is 37.7 Å². The summed E-state index contributed by atoms with van der Waals surface area (Å²) in [6.07, 6.45) is 1.22. The fourth-order valence-electron chi connectivity index (χ4n) is 2.89. The van der Waals surface area contributed by atoms with Gasteiger partial charge in [-0.3, -0.25) is 4.90 Å². The number of halogens is 2. The molecule has 1 aromatic carbocycles. The second-order valence-corrected chi connectivity index (χ2v) is 5.93. The van der Waals surface area contributed by atoms with Crippen molar-refractivity contribution in [2.45, 2.75) is 33.2 Å². The maximum absolute atomic E-state index is 5.54. The van der Waals surface area contributed by atoms with Crippen molar-refractivity contribution in [3.05, 3.63) is 29.8 Å². The van der Waals surface area contributed by atoms with Gasteiger partial charge in [-0.15, -0.1) is 24.8 Å². The quantitative estimate of drug-likeness (QED) is 0.842. The molecule has 1 aliphatic heterocycles. The van der Waals surface area contributed by atoms with Gasteiger partial charge in [-0.05, 0) is 37.0 Å². The van der Waals surface area contributed by atoms with Crippen molar-refractivity contribution in [1.82, 2.24) is 10.2 Å². The Morgan fingerprint density at radius 1 is 1.09 bits per heavy atom. The molecule has 0 bridgehead atoms. The molecule has 1 atom stereocenters. The molecule has 0 radical (unpaired) electrons. The third-order valence-electron chi connectivity index (χ3n) is 3.86. The molecule has 0 spiro atoms. The Bertz CT molecular complexity index is 392. The van der Waals surface area contributed by atoms with Gasteiger partial charge in [0.05, 0.1) is 6.61 Å². The first kappa shape index (κ1) is 21.5.